The van der Waals surface area contributed by atoms with E-state index in [2.05, 4.69) is 16.0 Å². The summed E-state index contributed by atoms with van der Waals surface area (Å²) in [5.41, 5.74) is 1.26. The topological polar surface area (TPSA) is 89.9 Å². The van der Waals surface area contributed by atoms with Crippen LogP contribution >= 0.6 is 11.8 Å². The van der Waals surface area contributed by atoms with Crippen molar-refractivity contribution in [3.05, 3.63) is 52.4 Å². The van der Waals surface area contributed by atoms with Crippen LogP contribution in [0.4, 0.5) is 5.69 Å². The smallest absolute Gasteiger partial charge is 0.251 e. The largest absolute Gasteiger partial charge is 0.310 e. The van der Waals surface area contributed by atoms with E-state index in [9.17, 15) is 9.59 Å². The Morgan fingerprint density at radius 3 is 2.77 bits per heavy atom. The summed E-state index contributed by atoms with van der Waals surface area (Å²) in [6, 6.07) is 12.8. The van der Waals surface area contributed by atoms with Gasteiger partial charge >= 0.3 is 0 Å². The first-order chi connectivity index (χ1) is 12.5. The minimum atomic E-state index is -0.450. The quantitative estimate of drug-likeness (QED) is 0.569. The maximum absolute atomic E-state index is 12.9. The molecule has 0 unspecified atom stereocenters. The molecule has 2 aromatic rings. The highest BCUT2D eigenvalue weighted by Gasteiger charge is 2.23. The molecule has 0 aliphatic heterocycles. The van der Waals surface area contributed by atoms with Crippen molar-refractivity contribution in [1.82, 2.24) is 9.97 Å². The molecule has 2 rings (SSSR count). The zero-order valence-corrected chi connectivity index (χ0v) is 15.8. The number of rotatable bonds is 8. The molecule has 1 aromatic heterocycles. The van der Waals surface area contributed by atoms with Crippen molar-refractivity contribution in [1.29, 1.82) is 5.26 Å². The maximum Gasteiger partial charge on any atom is 0.251 e. The van der Waals surface area contributed by atoms with Crippen LogP contribution in [-0.4, -0.2) is 27.7 Å². The highest BCUT2D eigenvalue weighted by atomic mass is 32.2. The molecule has 1 atom stereocenters. The Labute approximate surface area is 157 Å². The summed E-state index contributed by atoms with van der Waals surface area (Å²) in [7, 11) is 0. The van der Waals surface area contributed by atoms with Crippen LogP contribution in [0.3, 0.4) is 0 Å². The third kappa shape index (κ3) is 5.46. The van der Waals surface area contributed by atoms with E-state index in [0.717, 1.165) is 24.2 Å². The average Bonchev–Trinajstić information content (AvgIpc) is 2.62. The Hall–Kier alpha value is -2.59. The number of para-hydroxylation sites is 1. The lowest BCUT2D eigenvalue weighted by atomic mass is 10.2. The summed E-state index contributed by atoms with van der Waals surface area (Å²) >= 11 is 1.22. The van der Waals surface area contributed by atoms with E-state index < -0.39 is 5.25 Å². The van der Waals surface area contributed by atoms with Crippen LogP contribution in [0, 0.1) is 11.3 Å². The van der Waals surface area contributed by atoms with Crippen molar-refractivity contribution in [3.8, 4) is 6.07 Å². The number of aromatic nitrogens is 2. The number of aromatic amines is 1. The molecule has 0 saturated carbocycles. The molecule has 0 radical (unpaired) electrons. The van der Waals surface area contributed by atoms with Gasteiger partial charge in [0, 0.05) is 24.0 Å². The van der Waals surface area contributed by atoms with E-state index in [1.165, 1.54) is 17.8 Å². The Balaban J connectivity index is 2.18. The SMILES string of the molecule is CCCc1cc(=O)[nH]c(S[C@@H](C)C(=O)N(CCC#N)c2ccccc2)n1. The summed E-state index contributed by atoms with van der Waals surface area (Å²) in [6.07, 6.45) is 1.86. The number of carbonyl (C=O) groups is 1. The van der Waals surface area contributed by atoms with Crippen LogP contribution in [0.5, 0.6) is 0 Å². The van der Waals surface area contributed by atoms with E-state index >= 15 is 0 Å². The zero-order valence-electron chi connectivity index (χ0n) is 14.9. The van der Waals surface area contributed by atoms with Crippen molar-refractivity contribution in [2.24, 2.45) is 0 Å². The number of carbonyl (C=O) groups excluding carboxylic acids is 1. The van der Waals surface area contributed by atoms with Crippen molar-refractivity contribution < 1.29 is 4.79 Å². The Bertz CT molecular complexity index is 829. The lowest BCUT2D eigenvalue weighted by Gasteiger charge is -2.24. The molecule has 26 heavy (non-hydrogen) atoms. The van der Waals surface area contributed by atoms with Crippen LogP contribution in [0.2, 0.25) is 0 Å². The molecule has 0 saturated heterocycles. The predicted octanol–water partition coefficient (Wildman–Crippen LogP) is 3.15. The van der Waals surface area contributed by atoms with Gasteiger partial charge in [0.2, 0.25) is 5.91 Å². The van der Waals surface area contributed by atoms with Gasteiger partial charge in [-0.3, -0.25) is 9.59 Å². The summed E-state index contributed by atoms with van der Waals surface area (Å²) < 4.78 is 0. The lowest BCUT2D eigenvalue weighted by Crippen LogP contribution is -2.37. The molecule has 136 valence electrons. The predicted molar refractivity (Wildman–Crippen MR) is 103 cm³/mol. The zero-order chi connectivity index (χ0) is 18.9. The molecule has 0 fully saturated rings. The van der Waals surface area contributed by atoms with Crippen LogP contribution in [-0.2, 0) is 11.2 Å². The molecule has 1 amide bonds. The number of hydrogen-bond acceptors (Lipinski definition) is 5. The molecule has 1 aromatic carbocycles. The molecule has 7 heteroatoms. The van der Waals surface area contributed by atoms with Gasteiger partial charge in [0.25, 0.3) is 5.56 Å². The second-order valence-corrected chi connectivity index (χ2v) is 7.12. The number of H-pyrrole nitrogens is 1. The highest BCUT2D eigenvalue weighted by Crippen LogP contribution is 2.23. The van der Waals surface area contributed by atoms with Gasteiger partial charge in [0.05, 0.1) is 17.7 Å². The molecule has 1 heterocycles. The van der Waals surface area contributed by atoms with Gasteiger partial charge in [-0.15, -0.1) is 0 Å². The second kappa shape index (κ2) is 9.78. The van der Waals surface area contributed by atoms with Gasteiger partial charge in [-0.05, 0) is 25.5 Å². The number of anilines is 1. The van der Waals surface area contributed by atoms with Gasteiger partial charge in [-0.25, -0.2) is 4.98 Å². The number of aryl methyl sites for hydroxylation is 1. The number of hydrogen-bond donors (Lipinski definition) is 1. The fourth-order valence-corrected chi connectivity index (χ4v) is 3.39. The average molecular weight is 370 g/mol. The van der Waals surface area contributed by atoms with Crippen molar-refractivity contribution in [3.63, 3.8) is 0 Å². The van der Waals surface area contributed by atoms with Crippen LogP contribution in [0.15, 0.2) is 46.3 Å². The van der Waals surface area contributed by atoms with Crippen molar-refractivity contribution in [2.45, 2.75) is 43.5 Å². The minimum absolute atomic E-state index is 0.125. The molecule has 6 nitrogen and oxygen atoms in total. The normalized spacial score (nSPS) is 11.6. The third-order valence-corrected chi connectivity index (χ3v) is 4.67. The van der Waals surface area contributed by atoms with E-state index in [-0.39, 0.29) is 17.9 Å². The number of nitriles is 1. The van der Waals surface area contributed by atoms with Gasteiger partial charge < -0.3 is 9.88 Å². The Morgan fingerprint density at radius 1 is 1.38 bits per heavy atom. The van der Waals surface area contributed by atoms with Crippen LogP contribution in [0.1, 0.15) is 32.4 Å². The standard InChI is InChI=1S/C19H22N4O2S/c1-3-8-15-13-17(24)22-19(21-15)26-14(2)18(25)23(12-7-11-20)16-9-5-4-6-10-16/h4-6,9-10,13-14H,3,7-8,12H2,1-2H3,(H,21,22,24)/t14-/m0/s1. The molecule has 0 bridgehead atoms. The second-order valence-electron chi connectivity index (χ2n) is 5.79. The molecule has 0 aliphatic carbocycles. The molecule has 0 spiro atoms. The van der Waals surface area contributed by atoms with E-state index in [1.807, 2.05) is 37.3 Å². The lowest BCUT2D eigenvalue weighted by molar-refractivity contribution is -0.117. The van der Waals surface area contributed by atoms with E-state index in [4.69, 9.17) is 5.26 Å². The number of nitrogens with one attached hydrogen (secondary N) is 1. The van der Waals surface area contributed by atoms with Gasteiger partial charge in [-0.1, -0.05) is 43.3 Å². The first-order valence-electron chi connectivity index (χ1n) is 8.55. The number of benzene rings is 1. The van der Waals surface area contributed by atoms with Crippen molar-refractivity contribution in [2.75, 3.05) is 11.4 Å². The number of amides is 1. The number of nitrogens with zero attached hydrogens (tertiary/aromatic N) is 3. The molecular formula is C19H22N4O2S. The monoisotopic (exact) mass is 370 g/mol. The minimum Gasteiger partial charge on any atom is -0.310 e. The summed E-state index contributed by atoms with van der Waals surface area (Å²) in [5, 5.41) is 8.88. The highest BCUT2D eigenvalue weighted by molar-refractivity contribution is 8.00. The van der Waals surface area contributed by atoms with Gasteiger partial charge in [0.1, 0.15) is 0 Å². The third-order valence-electron chi connectivity index (χ3n) is 3.70. The maximum atomic E-state index is 12.9. The summed E-state index contributed by atoms with van der Waals surface area (Å²) in [5.74, 6) is -0.125. The molecule has 1 N–H and O–H groups in total. The first kappa shape index (κ1) is 19.7. The first-order valence-corrected chi connectivity index (χ1v) is 9.43. The molecule has 0 aliphatic rings. The van der Waals surface area contributed by atoms with Crippen LogP contribution < -0.4 is 10.5 Å². The van der Waals surface area contributed by atoms with E-state index in [0.29, 0.717) is 11.7 Å². The Kier molecular flexibility index (Phi) is 7.42. The summed E-state index contributed by atoms with van der Waals surface area (Å²) in [4.78, 5) is 33.4. The Morgan fingerprint density at radius 2 is 2.12 bits per heavy atom. The number of thioether (sulfide) groups is 1. The van der Waals surface area contributed by atoms with Crippen LogP contribution in [0.25, 0.3) is 0 Å². The fourth-order valence-electron chi connectivity index (χ4n) is 2.50. The fraction of sp³-hybridized carbons (Fsp3) is 0.368. The molecular weight excluding hydrogens is 348 g/mol. The summed E-state index contributed by atoms with van der Waals surface area (Å²) in [6.45, 7) is 4.13. The van der Waals surface area contributed by atoms with Gasteiger partial charge in [0.15, 0.2) is 5.16 Å². The van der Waals surface area contributed by atoms with Gasteiger partial charge in [-0.2, -0.15) is 5.26 Å². The van der Waals surface area contributed by atoms with Crippen molar-refractivity contribution >= 4 is 23.4 Å². The van der Waals surface area contributed by atoms with E-state index in [1.54, 1.807) is 11.8 Å².